The van der Waals surface area contributed by atoms with E-state index in [0.29, 0.717) is 5.58 Å². The summed E-state index contributed by atoms with van der Waals surface area (Å²) in [4.78, 5) is 23.1. The number of rotatable bonds is 0. The van der Waals surface area contributed by atoms with Gasteiger partial charge >= 0.3 is 5.63 Å². The molecule has 0 unspecified atom stereocenters. The van der Waals surface area contributed by atoms with Crippen molar-refractivity contribution in [2.24, 2.45) is 0 Å². The van der Waals surface area contributed by atoms with Crippen LogP contribution in [0, 0.1) is 6.92 Å². The summed E-state index contributed by atoms with van der Waals surface area (Å²) in [5.74, 6) is 0. The molecule has 17 heavy (non-hydrogen) atoms. The van der Waals surface area contributed by atoms with Gasteiger partial charge in [-0.3, -0.25) is 9.20 Å². The Morgan fingerprint density at radius 2 is 2.00 bits per heavy atom. The van der Waals surface area contributed by atoms with E-state index in [1.165, 1.54) is 16.5 Å². The fourth-order valence-corrected chi connectivity index (χ4v) is 2.08. The summed E-state index contributed by atoms with van der Waals surface area (Å²) in [6.07, 6.45) is 1.70. The normalized spacial score (nSPS) is 11.1. The summed E-state index contributed by atoms with van der Waals surface area (Å²) in [7, 11) is 0. The minimum Gasteiger partial charge on any atom is -0.422 e. The predicted octanol–water partition coefficient (Wildman–Crippen LogP) is 1.71. The fraction of sp³-hybridized carbons (Fsp3) is 0.0769. The SMILES string of the molecule is Cc1cc(=O)oc2cc(=O)n3ccccc3c12. The van der Waals surface area contributed by atoms with Gasteiger partial charge in [-0.05, 0) is 24.6 Å². The highest BCUT2D eigenvalue weighted by atomic mass is 16.4. The molecule has 0 aliphatic rings. The van der Waals surface area contributed by atoms with E-state index >= 15 is 0 Å². The van der Waals surface area contributed by atoms with Gasteiger partial charge in [0.15, 0.2) is 0 Å². The zero-order chi connectivity index (χ0) is 12.0. The third kappa shape index (κ3) is 1.38. The summed E-state index contributed by atoms with van der Waals surface area (Å²) in [6, 6.07) is 8.24. The maximum Gasteiger partial charge on any atom is 0.336 e. The van der Waals surface area contributed by atoms with Gasteiger partial charge in [-0.1, -0.05) is 6.07 Å². The van der Waals surface area contributed by atoms with Gasteiger partial charge in [0.2, 0.25) is 0 Å². The van der Waals surface area contributed by atoms with Gasteiger partial charge in [-0.15, -0.1) is 0 Å². The maximum absolute atomic E-state index is 11.8. The molecule has 0 atom stereocenters. The first kappa shape index (κ1) is 9.84. The Morgan fingerprint density at radius 3 is 2.82 bits per heavy atom. The lowest BCUT2D eigenvalue weighted by Gasteiger charge is -2.05. The average molecular weight is 227 g/mol. The Bertz CT molecular complexity index is 843. The van der Waals surface area contributed by atoms with Crippen LogP contribution in [-0.4, -0.2) is 4.40 Å². The zero-order valence-electron chi connectivity index (χ0n) is 9.14. The highest BCUT2D eigenvalue weighted by molar-refractivity contribution is 5.94. The molecule has 3 aromatic rings. The summed E-state index contributed by atoms with van der Waals surface area (Å²) in [6.45, 7) is 1.83. The van der Waals surface area contributed by atoms with Gasteiger partial charge in [0.1, 0.15) is 5.58 Å². The van der Waals surface area contributed by atoms with Gasteiger partial charge < -0.3 is 4.42 Å². The quantitative estimate of drug-likeness (QED) is 0.549. The molecule has 0 fully saturated rings. The van der Waals surface area contributed by atoms with Crippen LogP contribution in [0.2, 0.25) is 0 Å². The summed E-state index contributed by atoms with van der Waals surface area (Å²) < 4.78 is 6.60. The number of aryl methyl sites for hydroxylation is 1. The molecule has 0 radical (unpaired) electrons. The molecule has 3 heterocycles. The van der Waals surface area contributed by atoms with Gasteiger partial charge in [-0.2, -0.15) is 0 Å². The first-order valence-corrected chi connectivity index (χ1v) is 5.22. The van der Waals surface area contributed by atoms with Gasteiger partial charge in [0, 0.05) is 23.7 Å². The molecule has 0 bridgehead atoms. The van der Waals surface area contributed by atoms with Crippen molar-refractivity contribution in [3.05, 3.63) is 62.9 Å². The van der Waals surface area contributed by atoms with E-state index in [2.05, 4.69) is 0 Å². The molecule has 4 heteroatoms. The molecular weight excluding hydrogens is 218 g/mol. The van der Waals surface area contributed by atoms with Crippen molar-refractivity contribution in [2.75, 3.05) is 0 Å². The Morgan fingerprint density at radius 1 is 1.18 bits per heavy atom. The Kier molecular flexibility index (Phi) is 1.92. The molecular formula is C13H9NO3. The van der Waals surface area contributed by atoms with E-state index in [4.69, 9.17) is 4.42 Å². The van der Waals surface area contributed by atoms with Crippen molar-refractivity contribution in [3.8, 4) is 0 Å². The largest absolute Gasteiger partial charge is 0.422 e. The summed E-state index contributed by atoms with van der Waals surface area (Å²) >= 11 is 0. The van der Waals surface area contributed by atoms with Crippen LogP contribution in [0.5, 0.6) is 0 Å². The Labute approximate surface area is 95.7 Å². The van der Waals surface area contributed by atoms with E-state index in [1.54, 1.807) is 12.3 Å². The first-order chi connectivity index (χ1) is 8.16. The molecule has 0 amide bonds. The summed E-state index contributed by atoms with van der Waals surface area (Å²) in [5.41, 5.74) is 1.25. The number of fused-ring (bicyclic) bond motifs is 3. The molecule has 3 rings (SSSR count). The second kappa shape index (κ2) is 3.31. The number of pyridine rings is 2. The molecule has 0 aromatic carbocycles. The topological polar surface area (TPSA) is 51.7 Å². The highest BCUT2D eigenvalue weighted by Gasteiger charge is 2.08. The monoisotopic (exact) mass is 227 g/mol. The van der Waals surface area contributed by atoms with Crippen LogP contribution in [0.15, 0.2) is 50.5 Å². The van der Waals surface area contributed by atoms with E-state index in [9.17, 15) is 9.59 Å². The summed E-state index contributed by atoms with van der Waals surface area (Å²) in [5, 5.41) is 0.796. The molecule has 0 spiro atoms. The van der Waals surface area contributed by atoms with Crippen molar-refractivity contribution in [3.63, 3.8) is 0 Å². The van der Waals surface area contributed by atoms with Crippen LogP contribution in [0.3, 0.4) is 0 Å². The molecule has 0 aliphatic carbocycles. The van der Waals surface area contributed by atoms with Crippen molar-refractivity contribution < 1.29 is 4.42 Å². The van der Waals surface area contributed by atoms with Crippen molar-refractivity contribution >= 4 is 16.5 Å². The van der Waals surface area contributed by atoms with Crippen LogP contribution in [0.1, 0.15) is 5.56 Å². The van der Waals surface area contributed by atoms with Crippen molar-refractivity contribution in [2.45, 2.75) is 6.92 Å². The zero-order valence-corrected chi connectivity index (χ0v) is 9.14. The number of aromatic nitrogens is 1. The minimum absolute atomic E-state index is 0.207. The number of hydrogen-bond acceptors (Lipinski definition) is 3. The second-order valence-electron chi connectivity index (χ2n) is 3.93. The highest BCUT2D eigenvalue weighted by Crippen LogP contribution is 2.19. The number of nitrogens with zero attached hydrogens (tertiary/aromatic N) is 1. The molecule has 0 saturated carbocycles. The molecule has 84 valence electrons. The van der Waals surface area contributed by atoms with E-state index in [1.807, 2.05) is 19.1 Å². The Hall–Kier alpha value is -2.36. The Balaban J connectivity index is 2.74. The van der Waals surface area contributed by atoms with Crippen molar-refractivity contribution in [1.29, 1.82) is 0 Å². The maximum atomic E-state index is 11.8. The van der Waals surface area contributed by atoms with Crippen LogP contribution >= 0.6 is 0 Å². The predicted molar refractivity (Wildman–Crippen MR) is 64.4 cm³/mol. The van der Waals surface area contributed by atoms with Crippen LogP contribution < -0.4 is 11.2 Å². The van der Waals surface area contributed by atoms with E-state index < -0.39 is 5.63 Å². The third-order valence-electron chi connectivity index (χ3n) is 2.79. The lowest BCUT2D eigenvalue weighted by molar-refractivity contribution is 0.559. The molecule has 0 N–H and O–H groups in total. The van der Waals surface area contributed by atoms with Crippen LogP contribution in [-0.2, 0) is 0 Å². The number of hydrogen-bond donors (Lipinski definition) is 0. The molecule has 3 aromatic heterocycles. The molecule has 0 aliphatic heterocycles. The lowest BCUT2D eigenvalue weighted by atomic mass is 10.1. The fourth-order valence-electron chi connectivity index (χ4n) is 2.08. The molecule has 4 nitrogen and oxygen atoms in total. The van der Waals surface area contributed by atoms with Gasteiger partial charge in [0.25, 0.3) is 5.56 Å². The molecule has 0 saturated heterocycles. The van der Waals surface area contributed by atoms with Crippen LogP contribution in [0.4, 0.5) is 0 Å². The lowest BCUT2D eigenvalue weighted by Crippen LogP contribution is -2.13. The standard InChI is InChI=1S/C13H9NO3/c1-8-6-12(16)17-10-7-11(15)14-5-3-2-4-9(14)13(8)10/h2-7H,1H3. The van der Waals surface area contributed by atoms with Crippen LogP contribution in [0.25, 0.3) is 16.5 Å². The van der Waals surface area contributed by atoms with Gasteiger partial charge in [0.05, 0.1) is 5.52 Å². The average Bonchev–Trinajstić information content (AvgIpc) is 2.28. The van der Waals surface area contributed by atoms with Gasteiger partial charge in [-0.25, -0.2) is 4.79 Å². The first-order valence-electron chi connectivity index (χ1n) is 5.22. The minimum atomic E-state index is -0.435. The smallest absolute Gasteiger partial charge is 0.336 e. The van der Waals surface area contributed by atoms with Crippen molar-refractivity contribution in [1.82, 2.24) is 4.40 Å². The van der Waals surface area contributed by atoms with E-state index in [0.717, 1.165) is 16.5 Å². The third-order valence-corrected chi connectivity index (χ3v) is 2.79. The second-order valence-corrected chi connectivity index (χ2v) is 3.93. The van der Waals surface area contributed by atoms with E-state index in [-0.39, 0.29) is 5.56 Å².